The van der Waals surface area contributed by atoms with E-state index in [-0.39, 0.29) is 23.7 Å². The maximum atomic E-state index is 12.8. The van der Waals surface area contributed by atoms with Crippen molar-refractivity contribution in [2.24, 2.45) is 0 Å². The number of nitrogens with one attached hydrogen (secondary N) is 3. The maximum absolute atomic E-state index is 12.8. The predicted molar refractivity (Wildman–Crippen MR) is 114 cm³/mol. The van der Waals surface area contributed by atoms with Crippen LogP contribution in [0.15, 0.2) is 83.7 Å². The van der Waals surface area contributed by atoms with Gasteiger partial charge in [-0.2, -0.15) is 0 Å². The Morgan fingerprint density at radius 1 is 0.862 bits per heavy atom. The van der Waals surface area contributed by atoms with Crippen LogP contribution in [-0.4, -0.2) is 21.9 Å². The Labute approximate surface area is 168 Å². The van der Waals surface area contributed by atoms with Gasteiger partial charge in [0.25, 0.3) is 5.91 Å². The third-order valence-electron chi connectivity index (χ3n) is 5.00. The van der Waals surface area contributed by atoms with Crippen molar-refractivity contribution >= 4 is 22.6 Å². The number of imidazole rings is 1. The normalized spacial score (nSPS) is 12.2. The van der Waals surface area contributed by atoms with Crippen molar-refractivity contribution in [3.05, 3.63) is 100 Å². The Bertz CT molecular complexity index is 1130. The molecule has 1 heterocycles. The molecule has 0 aliphatic carbocycles. The molecule has 0 unspecified atom stereocenters. The van der Waals surface area contributed by atoms with E-state index in [2.05, 4.69) is 44.9 Å². The minimum absolute atomic E-state index is 0.0154. The first kappa shape index (κ1) is 18.7. The van der Waals surface area contributed by atoms with Crippen molar-refractivity contribution in [1.29, 1.82) is 0 Å². The number of carbonyl (C=O) groups is 1. The van der Waals surface area contributed by atoms with Gasteiger partial charge in [0.15, 0.2) is 6.04 Å². The molecule has 6 nitrogen and oxygen atoms in total. The smallest absolute Gasteiger partial charge is 0.323 e. The lowest BCUT2D eigenvalue weighted by molar-refractivity contribution is -0.704. The Kier molecular flexibility index (Phi) is 5.27. The van der Waals surface area contributed by atoms with Gasteiger partial charge in [-0.1, -0.05) is 60.7 Å². The lowest BCUT2D eigenvalue weighted by Crippen LogP contribution is -2.92. The lowest BCUT2D eigenvalue weighted by atomic mass is 9.98. The van der Waals surface area contributed by atoms with E-state index >= 15 is 0 Å². The molecule has 0 aliphatic rings. The molecule has 0 radical (unpaired) electrons. The average molecular weight is 387 g/mol. The number of quaternary nitrogens is 1. The Balaban J connectivity index is 1.52. The average Bonchev–Trinajstić information content (AvgIpc) is 3.12. The van der Waals surface area contributed by atoms with Gasteiger partial charge in [-0.3, -0.25) is 4.79 Å². The monoisotopic (exact) mass is 387 g/mol. The van der Waals surface area contributed by atoms with Crippen LogP contribution in [0.1, 0.15) is 24.1 Å². The number of benzene rings is 3. The molecular formula is C23H23N4O2+. The zero-order valence-corrected chi connectivity index (χ0v) is 16.1. The van der Waals surface area contributed by atoms with Gasteiger partial charge in [0.2, 0.25) is 0 Å². The first-order valence-electron chi connectivity index (χ1n) is 9.58. The van der Waals surface area contributed by atoms with Crippen LogP contribution in [-0.2, 0) is 4.79 Å². The predicted octanol–water partition coefficient (Wildman–Crippen LogP) is 2.54. The zero-order valence-electron chi connectivity index (χ0n) is 16.1. The molecule has 0 bridgehead atoms. The van der Waals surface area contributed by atoms with Crippen LogP contribution in [0.25, 0.3) is 11.0 Å². The summed E-state index contributed by atoms with van der Waals surface area (Å²) < 4.78 is 0. The highest BCUT2D eigenvalue weighted by Gasteiger charge is 2.24. The number of nitrogens with two attached hydrogens (primary N) is 1. The second kappa shape index (κ2) is 8.16. The van der Waals surface area contributed by atoms with Crippen LogP contribution in [0, 0.1) is 0 Å². The molecule has 5 N–H and O–H groups in total. The highest BCUT2D eigenvalue weighted by atomic mass is 16.2. The van der Waals surface area contributed by atoms with Gasteiger partial charge in [0.1, 0.15) is 6.04 Å². The first-order chi connectivity index (χ1) is 14.1. The molecule has 1 atom stereocenters. The summed E-state index contributed by atoms with van der Waals surface area (Å²) in [6.45, 7) is 1.89. The molecule has 29 heavy (non-hydrogen) atoms. The fraction of sp³-hybridized carbons (Fsp3) is 0.130. The van der Waals surface area contributed by atoms with Crippen LogP contribution in [0.4, 0.5) is 5.69 Å². The molecule has 0 fully saturated rings. The summed E-state index contributed by atoms with van der Waals surface area (Å²) in [6, 6.07) is 25.3. The van der Waals surface area contributed by atoms with E-state index in [1.807, 2.05) is 43.3 Å². The molecule has 0 saturated heterocycles. The SMILES string of the molecule is C[C@@H]([NH2+]C(c1ccccc1)c1ccccc1)C(=O)Nc1ccc2[nH]c(=O)[nH]c2c1. The summed E-state index contributed by atoms with van der Waals surface area (Å²) in [4.78, 5) is 29.6. The van der Waals surface area contributed by atoms with E-state index in [4.69, 9.17) is 0 Å². The van der Waals surface area contributed by atoms with Crippen molar-refractivity contribution in [2.75, 3.05) is 5.32 Å². The molecule has 0 spiro atoms. The van der Waals surface area contributed by atoms with Crippen molar-refractivity contribution < 1.29 is 10.1 Å². The van der Waals surface area contributed by atoms with Gasteiger partial charge in [0.05, 0.1) is 11.0 Å². The number of H-pyrrole nitrogens is 2. The van der Waals surface area contributed by atoms with Gasteiger partial charge in [-0.05, 0) is 25.1 Å². The number of carbonyl (C=O) groups excluding carboxylic acids is 1. The second-order valence-electron chi connectivity index (χ2n) is 7.11. The first-order valence-corrected chi connectivity index (χ1v) is 9.58. The number of fused-ring (bicyclic) bond motifs is 1. The zero-order chi connectivity index (χ0) is 20.2. The van der Waals surface area contributed by atoms with E-state index in [1.165, 1.54) is 0 Å². The number of anilines is 1. The van der Waals surface area contributed by atoms with Crippen LogP contribution < -0.4 is 16.3 Å². The van der Waals surface area contributed by atoms with E-state index in [0.717, 1.165) is 11.1 Å². The third-order valence-corrected chi connectivity index (χ3v) is 5.00. The standard InChI is InChI=1S/C23H22N4O2/c1-15(22(28)25-18-12-13-19-20(14-18)27-23(29)26-19)24-21(16-8-4-2-5-9-16)17-10-6-3-7-11-17/h2-15,21,24H,1H3,(H,25,28)(H2,26,27,29)/p+1/t15-/m1/s1. The van der Waals surface area contributed by atoms with Gasteiger partial charge in [0, 0.05) is 16.8 Å². The molecule has 1 amide bonds. The van der Waals surface area contributed by atoms with E-state index in [0.29, 0.717) is 16.7 Å². The minimum Gasteiger partial charge on any atom is -0.326 e. The number of aromatic nitrogens is 2. The molecule has 4 rings (SSSR count). The summed E-state index contributed by atoms with van der Waals surface area (Å²) in [5.74, 6) is -0.0981. The van der Waals surface area contributed by atoms with Gasteiger partial charge in [-0.25, -0.2) is 4.79 Å². The molecule has 3 aromatic carbocycles. The Morgan fingerprint density at radius 2 is 1.45 bits per heavy atom. The van der Waals surface area contributed by atoms with Gasteiger partial charge < -0.3 is 20.6 Å². The van der Waals surface area contributed by atoms with Crippen molar-refractivity contribution in [2.45, 2.75) is 19.0 Å². The van der Waals surface area contributed by atoms with Gasteiger partial charge in [-0.15, -0.1) is 0 Å². The van der Waals surface area contributed by atoms with Gasteiger partial charge >= 0.3 is 5.69 Å². The molecule has 0 saturated carbocycles. The number of amides is 1. The van der Waals surface area contributed by atoms with E-state index < -0.39 is 0 Å². The van der Waals surface area contributed by atoms with Crippen LogP contribution in [0.3, 0.4) is 0 Å². The topological polar surface area (TPSA) is 94.4 Å². The number of aromatic amines is 2. The van der Waals surface area contributed by atoms with Crippen LogP contribution in [0.2, 0.25) is 0 Å². The molecule has 0 aliphatic heterocycles. The summed E-state index contributed by atoms with van der Waals surface area (Å²) in [5.41, 5.74) is 4.04. The quantitative estimate of drug-likeness (QED) is 0.409. The summed E-state index contributed by atoms with van der Waals surface area (Å²) in [7, 11) is 0. The largest absolute Gasteiger partial charge is 0.326 e. The summed E-state index contributed by atoms with van der Waals surface area (Å²) in [5, 5.41) is 5.01. The minimum atomic E-state index is -0.318. The number of hydrogen-bond donors (Lipinski definition) is 4. The highest BCUT2D eigenvalue weighted by Crippen LogP contribution is 2.18. The fourth-order valence-corrected chi connectivity index (χ4v) is 3.48. The fourth-order valence-electron chi connectivity index (χ4n) is 3.48. The molecule has 4 aromatic rings. The van der Waals surface area contributed by atoms with Crippen molar-refractivity contribution in [3.63, 3.8) is 0 Å². The maximum Gasteiger partial charge on any atom is 0.323 e. The summed E-state index contributed by atoms with van der Waals surface area (Å²) in [6.07, 6.45) is 0. The van der Waals surface area contributed by atoms with Crippen LogP contribution >= 0.6 is 0 Å². The number of hydrogen-bond acceptors (Lipinski definition) is 2. The lowest BCUT2D eigenvalue weighted by Gasteiger charge is -2.20. The molecule has 1 aromatic heterocycles. The molecular weight excluding hydrogens is 364 g/mol. The Hall–Kier alpha value is -3.64. The molecule has 6 heteroatoms. The summed E-state index contributed by atoms with van der Waals surface area (Å²) >= 11 is 0. The van der Waals surface area contributed by atoms with Crippen molar-refractivity contribution in [3.8, 4) is 0 Å². The Morgan fingerprint density at radius 3 is 2.07 bits per heavy atom. The van der Waals surface area contributed by atoms with Crippen molar-refractivity contribution in [1.82, 2.24) is 9.97 Å². The molecule has 146 valence electrons. The number of rotatable bonds is 6. The third kappa shape index (κ3) is 4.28. The van der Waals surface area contributed by atoms with Crippen LogP contribution in [0.5, 0.6) is 0 Å². The second-order valence-corrected chi connectivity index (χ2v) is 7.11. The van der Waals surface area contributed by atoms with E-state index in [1.54, 1.807) is 18.2 Å². The van der Waals surface area contributed by atoms with E-state index in [9.17, 15) is 9.59 Å². The highest BCUT2D eigenvalue weighted by molar-refractivity contribution is 5.95.